The predicted octanol–water partition coefficient (Wildman–Crippen LogP) is 0.0626. The molecule has 1 nitrogen and oxygen atoms in total. The SMILES string of the molecule is Nc1ccc[c]([Sn])c1. The summed E-state index contributed by atoms with van der Waals surface area (Å²) in [5, 5.41) is 0. The van der Waals surface area contributed by atoms with Gasteiger partial charge in [0, 0.05) is 0 Å². The van der Waals surface area contributed by atoms with Gasteiger partial charge < -0.3 is 0 Å². The van der Waals surface area contributed by atoms with Crippen LogP contribution in [0.2, 0.25) is 0 Å². The molecule has 0 saturated heterocycles. The van der Waals surface area contributed by atoms with E-state index in [-0.39, 0.29) is 0 Å². The average molecular weight is 211 g/mol. The fourth-order valence-electron chi connectivity index (χ4n) is 0.539. The van der Waals surface area contributed by atoms with E-state index in [2.05, 4.69) is 6.07 Å². The van der Waals surface area contributed by atoms with Crippen molar-refractivity contribution < 1.29 is 0 Å². The molecule has 0 saturated carbocycles. The van der Waals surface area contributed by atoms with Crippen molar-refractivity contribution in [2.75, 3.05) is 5.73 Å². The second-order valence-corrected chi connectivity index (χ2v) is 3.27. The molecular formula is C6H6NSn. The van der Waals surface area contributed by atoms with Crippen molar-refractivity contribution in [3.8, 4) is 0 Å². The van der Waals surface area contributed by atoms with Gasteiger partial charge in [-0.15, -0.1) is 0 Å². The molecule has 0 fully saturated rings. The molecule has 0 unspecified atom stereocenters. The summed E-state index contributed by atoms with van der Waals surface area (Å²) in [5.74, 6) is 0. The van der Waals surface area contributed by atoms with Gasteiger partial charge in [0.2, 0.25) is 0 Å². The zero-order valence-electron chi connectivity index (χ0n) is 4.39. The van der Waals surface area contributed by atoms with Crippen molar-refractivity contribution in [3.63, 3.8) is 0 Å². The number of hydrogen-bond donors (Lipinski definition) is 1. The number of nitrogen functional groups attached to an aromatic ring is 1. The first-order chi connectivity index (χ1) is 3.79. The number of anilines is 1. The van der Waals surface area contributed by atoms with Crippen molar-refractivity contribution in [1.82, 2.24) is 0 Å². The Kier molecular flexibility index (Phi) is 1.78. The summed E-state index contributed by atoms with van der Waals surface area (Å²) in [5.41, 5.74) is 6.33. The molecule has 1 aromatic carbocycles. The third kappa shape index (κ3) is 1.40. The van der Waals surface area contributed by atoms with E-state index in [1.54, 1.807) is 0 Å². The van der Waals surface area contributed by atoms with Crippen LogP contribution in [-0.2, 0) is 0 Å². The predicted molar refractivity (Wildman–Crippen MR) is 36.2 cm³/mol. The molecule has 0 amide bonds. The Balaban J connectivity index is 3.08. The molecular weight excluding hydrogens is 205 g/mol. The van der Waals surface area contributed by atoms with Crippen molar-refractivity contribution in [2.45, 2.75) is 0 Å². The van der Waals surface area contributed by atoms with E-state index in [1.165, 1.54) is 26.1 Å². The van der Waals surface area contributed by atoms with Gasteiger partial charge in [-0.2, -0.15) is 0 Å². The van der Waals surface area contributed by atoms with E-state index >= 15 is 0 Å². The van der Waals surface area contributed by atoms with Gasteiger partial charge in [0.15, 0.2) is 0 Å². The van der Waals surface area contributed by atoms with Crippen LogP contribution in [0.25, 0.3) is 0 Å². The van der Waals surface area contributed by atoms with Crippen LogP contribution < -0.4 is 9.31 Å². The zero-order valence-corrected chi connectivity index (χ0v) is 7.24. The first kappa shape index (κ1) is 5.95. The van der Waals surface area contributed by atoms with Crippen LogP contribution in [0.1, 0.15) is 0 Å². The average Bonchev–Trinajstić information content (AvgIpc) is 1.64. The topological polar surface area (TPSA) is 26.0 Å². The third-order valence-corrected chi connectivity index (χ3v) is 1.77. The maximum atomic E-state index is 5.47. The molecule has 1 aromatic rings. The Bertz CT molecular complexity index is 168. The standard InChI is InChI=1S/C6H6N.Sn/c7-6-4-2-1-3-5-6;/h1-2,4-5H,7H2;. The minimum atomic E-state index is 0.860. The summed E-state index contributed by atoms with van der Waals surface area (Å²) in [6, 6.07) is 7.92. The zero-order chi connectivity index (χ0) is 5.98. The summed E-state index contributed by atoms with van der Waals surface area (Å²) in [6.45, 7) is 0. The van der Waals surface area contributed by atoms with Gasteiger partial charge in [0.1, 0.15) is 0 Å². The van der Waals surface area contributed by atoms with Gasteiger partial charge in [-0.25, -0.2) is 0 Å². The van der Waals surface area contributed by atoms with Crippen LogP contribution in [0.5, 0.6) is 0 Å². The normalized spacial score (nSPS) is 9.12. The van der Waals surface area contributed by atoms with Gasteiger partial charge in [0.25, 0.3) is 0 Å². The minimum absolute atomic E-state index is 0.860. The third-order valence-electron chi connectivity index (χ3n) is 0.887. The molecule has 0 aromatic heterocycles. The van der Waals surface area contributed by atoms with E-state index in [0.717, 1.165) is 5.69 Å². The second kappa shape index (κ2) is 2.39. The van der Waals surface area contributed by atoms with E-state index in [1.807, 2.05) is 18.2 Å². The first-order valence-electron chi connectivity index (χ1n) is 2.36. The van der Waals surface area contributed by atoms with E-state index in [4.69, 9.17) is 5.73 Å². The fraction of sp³-hybridized carbons (Fsp3) is 0. The van der Waals surface area contributed by atoms with Crippen LogP contribution in [0.15, 0.2) is 24.3 Å². The summed E-state index contributed by atoms with van der Waals surface area (Å²) >= 11 is 1.42. The molecule has 1 rings (SSSR count). The Hall–Kier alpha value is -0.181. The molecule has 0 aliphatic rings. The molecule has 0 bridgehead atoms. The molecule has 2 heteroatoms. The Labute approximate surface area is 62.0 Å². The first-order valence-corrected chi connectivity index (χ1v) is 3.79. The van der Waals surface area contributed by atoms with Gasteiger partial charge in [-0.05, 0) is 0 Å². The maximum absolute atomic E-state index is 5.47. The molecule has 8 heavy (non-hydrogen) atoms. The summed E-state index contributed by atoms with van der Waals surface area (Å²) in [7, 11) is 0. The molecule has 0 aliphatic heterocycles. The molecule has 39 valence electrons. The molecule has 0 atom stereocenters. The molecule has 2 N–H and O–H groups in total. The molecule has 3 radical (unpaired) electrons. The Morgan fingerprint density at radius 3 is 2.50 bits per heavy atom. The van der Waals surface area contributed by atoms with Crippen molar-refractivity contribution >= 4 is 31.8 Å². The fourth-order valence-corrected chi connectivity index (χ4v) is 1.29. The van der Waals surface area contributed by atoms with E-state index < -0.39 is 0 Å². The van der Waals surface area contributed by atoms with Gasteiger partial charge in [0.05, 0.1) is 0 Å². The van der Waals surface area contributed by atoms with Crippen molar-refractivity contribution in [3.05, 3.63) is 24.3 Å². The Morgan fingerprint density at radius 2 is 2.12 bits per heavy atom. The summed E-state index contributed by atoms with van der Waals surface area (Å²) < 4.78 is 1.30. The van der Waals surface area contributed by atoms with Crippen LogP contribution in [-0.4, -0.2) is 22.5 Å². The van der Waals surface area contributed by atoms with Gasteiger partial charge in [-0.1, -0.05) is 0 Å². The second-order valence-electron chi connectivity index (χ2n) is 1.63. The van der Waals surface area contributed by atoms with Crippen LogP contribution >= 0.6 is 0 Å². The molecule has 0 spiro atoms. The Morgan fingerprint density at radius 1 is 1.38 bits per heavy atom. The van der Waals surface area contributed by atoms with Gasteiger partial charge >= 0.3 is 61.8 Å². The summed E-state index contributed by atoms with van der Waals surface area (Å²) in [4.78, 5) is 0. The van der Waals surface area contributed by atoms with Crippen LogP contribution in [0, 0.1) is 0 Å². The quantitative estimate of drug-likeness (QED) is 0.476. The number of hydrogen-bond acceptors (Lipinski definition) is 1. The number of rotatable bonds is 0. The van der Waals surface area contributed by atoms with Crippen LogP contribution in [0.4, 0.5) is 5.69 Å². The van der Waals surface area contributed by atoms with E-state index in [0.29, 0.717) is 0 Å². The number of nitrogens with two attached hydrogens (primary N) is 1. The van der Waals surface area contributed by atoms with Gasteiger partial charge in [-0.3, -0.25) is 0 Å². The van der Waals surface area contributed by atoms with Crippen molar-refractivity contribution in [2.24, 2.45) is 0 Å². The van der Waals surface area contributed by atoms with Crippen molar-refractivity contribution in [1.29, 1.82) is 0 Å². The van der Waals surface area contributed by atoms with Crippen LogP contribution in [0.3, 0.4) is 0 Å². The molecule has 0 aliphatic carbocycles. The molecule has 0 heterocycles. The number of benzene rings is 1. The monoisotopic (exact) mass is 212 g/mol. The summed E-state index contributed by atoms with van der Waals surface area (Å²) in [6.07, 6.45) is 0. The van der Waals surface area contributed by atoms with E-state index in [9.17, 15) is 0 Å².